The molecule has 2 rings (SSSR count). The molecule has 132 valence electrons. The van der Waals surface area contributed by atoms with E-state index in [0.717, 1.165) is 24.9 Å². The maximum Gasteiger partial charge on any atom is 0.223 e. The lowest BCUT2D eigenvalue weighted by molar-refractivity contribution is -0.127. The molecule has 1 saturated carbocycles. The Morgan fingerprint density at radius 2 is 2.04 bits per heavy atom. The summed E-state index contributed by atoms with van der Waals surface area (Å²) in [5, 5.41) is 5.94. The Kier molecular flexibility index (Phi) is 6.72. The predicted octanol–water partition coefficient (Wildman–Crippen LogP) is 1.74. The van der Waals surface area contributed by atoms with E-state index in [1.807, 2.05) is 6.07 Å². The highest BCUT2D eigenvalue weighted by Gasteiger charge is 2.24. The van der Waals surface area contributed by atoms with Crippen LogP contribution in [0.1, 0.15) is 25.7 Å². The van der Waals surface area contributed by atoms with Gasteiger partial charge in [-0.05, 0) is 31.4 Å². The highest BCUT2D eigenvalue weighted by atomic mass is 16.5. The summed E-state index contributed by atoms with van der Waals surface area (Å²) in [6.45, 7) is 1.18. The fraction of sp³-hybridized carbons (Fsp3) is 0.529. The fourth-order valence-corrected chi connectivity index (χ4v) is 2.41. The van der Waals surface area contributed by atoms with Crippen LogP contribution in [0.4, 0.5) is 5.69 Å². The number of aliphatic imine (C=N–C) groups is 1. The number of carbonyl (C=O) groups excluding carboxylic acids is 1. The van der Waals surface area contributed by atoms with Crippen molar-refractivity contribution in [2.24, 2.45) is 16.6 Å². The van der Waals surface area contributed by atoms with Crippen LogP contribution in [0.2, 0.25) is 0 Å². The number of nitrogens with zero attached hydrogens (tertiary/aromatic N) is 1. The van der Waals surface area contributed by atoms with Gasteiger partial charge >= 0.3 is 0 Å². The lowest BCUT2D eigenvalue weighted by Crippen LogP contribution is -2.35. The number of methoxy groups -OCH3 is 2. The van der Waals surface area contributed by atoms with E-state index in [-0.39, 0.29) is 11.8 Å². The van der Waals surface area contributed by atoms with Crippen molar-refractivity contribution in [2.75, 3.05) is 32.6 Å². The molecule has 0 spiro atoms. The van der Waals surface area contributed by atoms with Crippen molar-refractivity contribution in [1.82, 2.24) is 5.32 Å². The van der Waals surface area contributed by atoms with Gasteiger partial charge in [-0.2, -0.15) is 0 Å². The van der Waals surface area contributed by atoms with Crippen LogP contribution in [-0.4, -0.2) is 39.2 Å². The molecule has 1 fully saturated rings. The predicted molar refractivity (Wildman–Crippen MR) is 94.6 cm³/mol. The molecule has 0 aliphatic heterocycles. The van der Waals surface area contributed by atoms with Crippen LogP contribution in [0.3, 0.4) is 0 Å². The van der Waals surface area contributed by atoms with Gasteiger partial charge in [0.2, 0.25) is 5.91 Å². The Bertz CT molecular complexity index is 585. The molecule has 0 saturated heterocycles. The molecule has 0 atom stereocenters. The number of guanidine groups is 1. The van der Waals surface area contributed by atoms with Gasteiger partial charge in [-0.25, -0.2) is 0 Å². The second-order valence-electron chi connectivity index (χ2n) is 5.73. The van der Waals surface area contributed by atoms with E-state index in [9.17, 15) is 4.79 Å². The normalized spacial score (nSPS) is 14.7. The fourth-order valence-electron chi connectivity index (χ4n) is 2.41. The van der Waals surface area contributed by atoms with Crippen LogP contribution >= 0.6 is 0 Å². The molecule has 1 amide bonds. The van der Waals surface area contributed by atoms with Gasteiger partial charge in [0.15, 0.2) is 17.5 Å². The van der Waals surface area contributed by atoms with E-state index in [0.29, 0.717) is 30.5 Å². The van der Waals surface area contributed by atoms with Crippen LogP contribution in [0, 0.1) is 5.92 Å². The number of ether oxygens (including phenoxy) is 2. The summed E-state index contributed by atoms with van der Waals surface area (Å²) < 4.78 is 10.4. The van der Waals surface area contributed by atoms with Crippen molar-refractivity contribution >= 4 is 17.6 Å². The summed E-state index contributed by atoms with van der Waals surface area (Å²) in [6.07, 6.45) is 3.96. The van der Waals surface area contributed by atoms with Gasteiger partial charge in [0.25, 0.3) is 0 Å². The number of nitrogens with one attached hydrogen (secondary N) is 2. The summed E-state index contributed by atoms with van der Waals surface area (Å²) in [6, 6.07) is 5.42. The third-order valence-corrected chi connectivity index (χ3v) is 4.05. The van der Waals surface area contributed by atoms with Crippen molar-refractivity contribution < 1.29 is 14.3 Å². The monoisotopic (exact) mass is 334 g/mol. The average molecular weight is 334 g/mol. The number of rotatable bonds is 8. The first kappa shape index (κ1) is 17.9. The summed E-state index contributed by atoms with van der Waals surface area (Å²) >= 11 is 0. The lowest BCUT2D eigenvalue weighted by Gasteiger charge is -2.23. The molecular weight excluding hydrogens is 308 g/mol. The van der Waals surface area contributed by atoms with Crippen LogP contribution < -0.4 is 25.8 Å². The quantitative estimate of drug-likeness (QED) is 0.382. The van der Waals surface area contributed by atoms with Gasteiger partial charge in [0.1, 0.15) is 0 Å². The maximum atomic E-state index is 11.7. The Hall–Kier alpha value is -2.44. The highest BCUT2D eigenvalue weighted by molar-refractivity contribution is 5.92. The molecule has 0 unspecified atom stereocenters. The van der Waals surface area contributed by atoms with Gasteiger partial charge in [-0.3, -0.25) is 9.79 Å². The number of anilines is 1. The van der Waals surface area contributed by atoms with E-state index in [2.05, 4.69) is 15.6 Å². The van der Waals surface area contributed by atoms with E-state index in [4.69, 9.17) is 15.2 Å². The summed E-state index contributed by atoms with van der Waals surface area (Å²) in [7, 11) is 3.17. The zero-order valence-electron chi connectivity index (χ0n) is 14.3. The minimum absolute atomic E-state index is 0.168. The Balaban J connectivity index is 1.72. The second kappa shape index (κ2) is 9.00. The van der Waals surface area contributed by atoms with Crippen molar-refractivity contribution in [3.8, 4) is 11.5 Å². The summed E-state index contributed by atoms with van der Waals surface area (Å²) in [5.41, 5.74) is 6.64. The van der Waals surface area contributed by atoms with Gasteiger partial charge in [-0.1, -0.05) is 6.42 Å². The first-order valence-electron chi connectivity index (χ1n) is 8.20. The largest absolute Gasteiger partial charge is 0.493 e. The molecule has 1 aromatic rings. The molecule has 1 aliphatic carbocycles. The standard InChI is InChI=1S/C17H26N4O3/c1-23-14-8-7-13(11-15(14)24-2)21-17(18)20-10-4-9-19-16(22)12-5-3-6-12/h7-8,11-12H,3-6,9-10H2,1-2H3,(H,19,22)(H3,18,20,21). The van der Waals surface area contributed by atoms with Gasteiger partial charge < -0.3 is 25.8 Å². The number of hydrogen-bond acceptors (Lipinski definition) is 4. The topological polar surface area (TPSA) is 98.0 Å². The molecule has 1 aliphatic rings. The molecular formula is C17H26N4O3. The first-order chi connectivity index (χ1) is 11.6. The van der Waals surface area contributed by atoms with E-state index >= 15 is 0 Å². The average Bonchev–Trinajstić information content (AvgIpc) is 2.52. The summed E-state index contributed by atoms with van der Waals surface area (Å²) in [4.78, 5) is 15.9. The van der Waals surface area contributed by atoms with Gasteiger partial charge in [0, 0.05) is 30.8 Å². The van der Waals surface area contributed by atoms with Crippen LogP contribution in [0.25, 0.3) is 0 Å². The van der Waals surface area contributed by atoms with E-state index in [1.54, 1.807) is 26.4 Å². The van der Waals surface area contributed by atoms with Crippen molar-refractivity contribution in [3.63, 3.8) is 0 Å². The zero-order valence-corrected chi connectivity index (χ0v) is 14.3. The lowest BCUT2D eigenvalue weighted by atomic mass is 9.85. The molecule has 7 nitrogen and oxygen atoms in total. The van der Waals surface area contributed by atoms with Crippen molar-refractivity contribution in [3.05, 3.63) is 18.2 Å². The number of amides is 1. The number of hydrogen-bond donors (Lipinski definition) is 3. The minimum atomic E-state index is 0.168. The highest BCUT2D eigenvalue weighted by Crippen LogP contribution is 2.29. The smallest absolute Gasteiger partial charge is 0.223 e. The molecule has 0 heterocycles. The van der Waals surface area contributed by atoms with Gasteiger partial charge in [-0.15, -0.1) is 0 Å². The molecule has 24 heavy (non-hydrogen) atoms. The van der Waals surface area contributed by atoms with Crippen LogP contribution in [-0.2, 0) is 4.79 Å². The molecule has 0 bridgehead atoms. The molecule has 0 radical (unpaired) electrons. The molecule has 4 N–H and O–H groups in total. The van der Waals surface area contributed by atoms with E-state index < -0.39 is 0 Å². The Labute approximate surface area is 142 Å². The first-order valence-corrected chi connectivity index (χ1v) is 8.20. The number of carbonyl (C=O) groups is 1. The Morgan fingerprint density at radius 1 is 1.29 bits per heavy atom. The van der Waals surface area contributed by atoms with Gasteiger partial charge in [0.05, 0.1) is 14.2 Å². The van der Waals surface area contributed by atoms with E-state index in [1.165, 1.54) is 6.42 Å². The maximum absolute atomic E-state index is 11.7. The van der Waals surface area contributed by atoms with Crippen molar-refractivity contribution in [2.45, 2.75) is 25.7 Å². The zero-order chi connectivity index (χ0) is 17.4. The number of nitrogens with two attached hydrogens (primary N) is 1. The summed E-state index contributed by atoms with van der Waals surface area (Å²) in [5.74, 6) is 1.99. The molecule has 7 heteroatoms. The Morgan fingerprint density at radius 3 is 2.67 bits per heavy atom. The second-order valence-corrected chi connectivity index (χ2v) is 5.73. The molecule has 0 aromatic heterocycles. The third-order valence-electron chi connectivity index (χ3n) is 4.05. The minimum Gasteiger partial charge on any atom is -0.493 e. The van der Waals surface area contributed by atoms with Crippen LogP contribution in [0.15, 0.2) is 23.2 Å². The number of benzene rings is 1. The van der Waals surface area contributed by atoms with Crippen LogP contribution in [0.5, 0.6) is 11.5 Å². The van der Waals surface area contributed by atoms with Crippen molar-refractivity contribution in [1.29, 1.82) is 0 Å². The third kappa shape index (κ3) is 5.04. The molecule has 1 aromatic carbocycles. The SMILES string of the molecule is COc1ccc(NC(N)=NCCCNC(=O)C2CCC2)cc1OC.